The van der Waals surface area contributed by atoms with Crippen LogP contribution >= 0.6 is 0 Å². The van der Waals surface area contributed by atoms with Crippen molar-refractivity contribution in [3.05, 3.63) is 23.8 Å². The van der Waals surface area contributed by atoms with Crippen molar-refractivity contribution in [2.75, 3.05) is 39.3 Å². The normalized spacial score (nSPS) is 16.7. The number of aromatic hydroxyl groups is 2. The third-order valence-corrected chi connectivity index (χ3v) is 3.76. The predicted molar refractivity (Wildman–Crippen MR) is 80.4 cm³/mol. The monoisotopic (exact) mass is 293 g/mol. The van der Waals surface area contributed by atoms with Gasteiger partial charge in [0.05, 0.1) is 5.56 Å². The highest BCUT2D eigenvalue weighted by Crippen LogP contribution is 2.24. The van der Waals surface area contributed by atoms with Crippen molar-refractivity contribution in [1.29, 1.82) is 0 Å². The molecule has 0 unspecified atom stereocenters. The third kappa shape index (κ3) is 4.09. The predicted octanol–water partition coefficient (Wildman–Crippen LogP) is 0.594. The zero-order valence-electron chi connectivity index (χ0n) is 12.2. The van der Waals surface area contributed by atoms with E-state index >= 15 is 0 Å². The molecule has 21 heavy (non-hydrogen) atoms. The van der Waals surface area contributed by atoms with Gasteiger partial charge in [-0.05, 0) is 50.7 Å². The summed E-state index contributed by atoms with van der Waals surface area (Å²) in [5.41, 5.74) is 5.68. The molecule has 6 heteroatoms. The lowest BCUT2D eigenvalue weighted by molar-refractivity contribution is 0.0758. The summed E-state index contributed by atoms with van der Waals surface area (Å²) in [4.78, 5) is 16.5. The van der Waals surface area contributed by atoms with Gasteiger partial charge in [-0.1, -0.05) is 0 Å². The number of nitrogens with two attached hydrogens (primary N) is 1. The molecule has 0 radical (unpaired) electrons. The summed E-state index contributed by atoms with van der Waals surface area (Å²) in [6, 6.07) is 4.02. The van der Waals surface area contributed by atoms with E-state index in [1.807, 2.05) is 0 Å². The van der Waals surface area contributed by atoms with E-state index in [0.717, 1.165) is 32.5 Å². The van der Waals surface area contributed by atoms with Crippen molar-refractivity contribution in [2.24, 2.45) is 5.73 Å². The van der Waals surface area contributed by atoms with Crippen molar-refractivity contribution in [3.8, 4) is 11.5 Å². The summed E-state index contributed by atoms with van der Waals surface area (Å²) in [6.07, 6.45) is 1.86. The first-order valence-corrected chi connectivity index (χ1v) is 7.35. The van der Waals surface area contributed by atoms with Gasteiger partial charge >= 0.3 is 0 Å². The van der Waals surface area contributed by atoms with Gasteiger partial charge in [-0.3, -0.25) is 4.79 Å². The topological polar surface area (TPSA) is 90.0 Å². The number of carbonyl (C=O) groups excluding carboxylic acids is 1. The molecule has 1 aromatic carbocycles. The first kappa shape index (κ1) is 15.6. The maximum atomic E-state index is 12.5. The molecule has 6 nitrogen and oxygen atoms in total. The number of hydrogen-bond donors (Lipinski definition) is 3. The van der Waals surface area contributed by atoms with Gasteiger partial charge in [0.2, 0.25) is 0 Å². The molecule has 0 atom stereocenters. The van der Waals surface area contributed by atoms with Crippen LogP contribution < -0.4 is 5.73 Å². The van der Waals surface area contributed by atoms with Crippen LogP contribution in [0.1, 0.15) is 23.2 Å². The van der Waals surface area contributed by atoms with Crippen LogP contribution in [0.2, 0.25) is 0 Å². The van der Waals surface area contributed by atoms with Gasteiger partial charge in [-0.25, -0.2) is 0 Å². The van der Waals surface area contributed by atoms with E-state index in [-0.39, 0.29) is 23.0 Å². The number of nitrogens with zero attached hydrogens (tertiary/aromatic N) is 2. The van der Waals surface area contributed by atoms with E-state index in [1.54, 1.807) is 4.90 Å². The molecule has 0 saturated carbocycles. The smallest absolute Gasteiger partial charge is 0.257 e. The summed E-state index contributed by atoms with van der Waals surface area (Å²) in [6.45, 7) is 4.68. The molecule has 1 fully saturated rings. The van der Waals surface area contributed by atoms with E-state index in [2.05, 4.69) is 4.90 Å². The van der Waals surface area contributed by atoms with Gasteiger partial charge in [0.25, 0.3) is 5.91 Å². The Morgan fingerprint density at radius 3 is 2.76 bits per heavy atom. The van der Waals surface area contributed by atoms with E-state index in [4.69, 9.17) is 5.73 Å². The number of carbonyl (C=O) groups is 1. The lowest BCUT2D eigenvalue weighted by Gasteiger charge is -2.22. The Hall–Kier alpha value is -1.79. The van der Waals surface area contributed by atoms with Gasteiger partial charge in [-0.15, -0.1) is 0 Å². The molecule has 0 aromatic heterocycles. The summed E-state index contributed by atoms with van der Waals surface area (Å²) in [5, 5.41) is 19.3. The van der Waals surface area contributed by atoms with Crippen LogP contribution in [0.25, 0.3) is 0 Å². The van der Waals surface area contributed by atoms with Gasteiger partial charge in [0, 0.05) is 19.6 Å². The number of amides is 1. The Bertz CT molecular complexity index is 493. The highest BCUT2D eigenvalue weighted by Gasteiger charge is 2.22. The van der Waals surface area contributed by atoms with Crippen LogP contribution in [0.5, 0.6) is 11.5 Å². The molecule has 1 aliphatic heterocycles. The molecule has 2 rings (SSSR count). The summed E-state index contributed by atoms with van der Waals surface area (Å²) in [5.74, 6) is -0.346. The average molecular weight is 293 g/mol. The fourth-order valence-corrected chi connectivity index (χ4v) is 2.58. The quantitative estimate of drug-likeness (QED) is 0.707. The lowest BCUT2D eigenvalue weighted by atomic mass is 10.1. The van der Waals surface area contributed by atoms with Crippen molar-refractivity contribution < 1.29 is 15.0 Å². The Morgan fingerprint density at radius 1 is 1.19 bits per heavy atom. The zero-order valence-corrected chi connectivity index (χ0v) is 12.2. The second-order valence-corrected chi connectivity index (χ2v) is 5.33. The average Bonchev–Trinajstić information content (AvgIpc) is 2.72. The Labute approximate surface area is 124 Å². The number of phenols is 2. The zero-order chi connectivity index (χ0) is 15.2. The first-order chi connectivity index (χ1) is 10.1. The van der Waals surface area contributed by atoms with Gasteiger partial charge in [0.15, 0.2) is 0 Å². The van der Waals surface area contributed by atoms with Crippen LogP contribution in [0.3, 0.4) is 0 Å². The molecule has 0 aliphatic carbocycles. The van der Waals surface area contributed by atoms with Crippen molar-refractivity contribution in [2.45, 2.75) is 12.8 Å². The SMILES string of the molecule is NCCCN1CCCN(C(=O)c2cc(O)ccc2O)CC1. The number of phenolic OH excluding ortho intramolecular Hbond substituents is 2. The molecule has 1 aromatic rings. The van der Waals surface area contributed by atoms with E-state index in [1.165, 1.54) is 18.2 Å². The largest absolute Gasteiger partial charge is 0.508 e. The van der Waals surface area contributed by atoms with Gasteiger partial charge in [-0.2, -0.15) is 0 Å². The maximum Gasteiger partial charge on any atom is 0.257 e. The fourth-order valence-electron chi connectivity index (χ4n) is 2.58. The Kier molecular flexibility index (Phi) is 5.41. The second kappa shape index (κ2) is 7.28. The van der Waals surface area contributed by atoms with Crippen LogP contribution in [-0.2, 0) is 0 Å². The number of hydrogen-bond acceptors (Lipinski definition) is 5. The minimum Gasteiger partial charge on any atom is -0.508 e. The lowest BCUT2D eigenvalue weighted by Crippen LogP contribution is -2.35. The van der Waals surface area contributed by atoms with Crippen molar-refractivity contribution in [1.82, 2.24) is 9.80 Å². The molecule has 116 valence electrons. The summed E-state index contributed by atoms with van der Waals surface area (Å²) < 4.78 is 0. The molecular weight excluding hydrogens is 270 g/mol. The molecule has 0 spiro atoms. The highest BCUT2D eigenvalue weighted by molar-refractivity contribution is 5.97. The molecule has 4 N–H and O–H groups in total. The van der Waals surface area contributed by atoms with E-state index in [9.17, 15) is 15.0 Å². The molecule has 1 heterocycles. The van der Waals surface area contributed by atoms with Gasteiger partial charge in [0.1, 0.15) is 11.5 Å². The standard InChI is InChI=1S/C15H23N3O3/c16-5-1-6-17-7-2-8-18(10-9-17)15(21)13-11-12(19)3-4-14(13)20/h3-4,11,19-20H,1-2,5-10,16H2. The molecular formula is C15H23N3O3. The molecule has 0 bridgehead atoms. The molecule has 1 aliphatic rings. The first-order valence-electron chi connectivity index (χ1n) is 7.35. The maximum absolute atomic E-state index is 12.5. The minimum absolute atomic E-state index is 0.0180. The third-order valence-electron chi connectivity index (χ3n) is 3.76. The Morgan fingerprint density at radius 2 is 2.00 bits per heavy atom. The second-order valence-electron chi connectivity index (χ2n) is 5.33. The summed E-state index contributed by atoms with van der Waals surface area (Å²) >= 11 is 0. The highest BCUT2D eigenvalue weighted by atomic mass is 16.3. The molecule has 1 amide bonds. The van der Waals surface area contributed by atoms with Crippen LogP contribution in [-0.4, -0.2) is 65.2 Å². The summed E-state index contributed by atoms with van der Waals surface area (Å²) in [7, 11) is 0. The fraction of sp³-hybridized carbons (Fsp3) is 0.533. The van der Waals surface area contributed by atoms with E-state index in [0.29, 0.717) is 19.6 Å². The number of benzene rings is 1. The minimum atomic E-state index is -0.232. The number of rotatable bonds is 4. The van der Waals surface area contributed by atoms with Gasteiger partial charge < -0.3 is 25.7 Å². The molecule has 1 saturated heterocycles. The van der Waals surface area contributed by atoms with Crippen LogP contribution in [0.4, 0.5) is 0 Å². The van der Waals surface area contributed by atoms with E-state index < -0.39 is 0 Å². The van der Waals surface area contributed by atoms with Crippen LogP contribution in [0.15, 0.2) is 18.2 Å². The Balaban J connectivity index is 2.01. The van der Waals surface area contributed by atoms with Crippen molar-refractivity contribution >= 4 is 5.91 Å². The van der Waals surface area contributed by atoms with Crippen molar-refractivity contribution in [3.63, 3.8) is 0 Å². The van der Waals surface area contributed by atoms with Crippen LogP contribution in [0, 0.1) is 0 Å².